The van der Waals surface area contributed by atoms with Gasteiger partial charge in [0.25, 0.3) is 0 Å². The maximum Gasteiger partial charge on any atom is 0.119 e. The summed E-state index contributed by atoms with van der Waals surface area (Å²) < 4.78 is 0. The predicted molar refractivity (Wildman–Crippen MR) is 74.5 cm³/mol. The Morgan fingerprint density at radius 1 is 0.941 bits per heavy atom. The number of aromatic hydroxyl groups is 1. The standard InChI is InChI=1S/C16H26O/c1-3-5-7-11-14(10-6-4-2)15-12-8-9-13-16(15)17/h8-9,12-14,17H,3-7,10-11H2,1-2H3. The summed E-state index contributed by atoms with van der Waals surface area (Å²) in [5.74, 6) is 1.02. The Kier molecular flexibility index (Phi) is 6.76. The number of phenolic OH excluding ortho intramolecular Hbond substituents is 1. The molecular formula is C16H26O. The number of phenols is 1. The molecule has 0 saturated carbocycles. The molecule has 96 valence electrons. The molecule has 0 fully saturated rings. The van der Waals surface area contributed by atoms with E-state index in [4.69, 9.17) is 0 Å². The Balaban J connectivity index is 2.64. The van der Waals surface area contributed by atoms with Gasteiger partial charge in [-0.1, -0.05) is 64.2 Å². The minimum atomic E-state index is 0.477. The summed E-state index contributed by atoms with van der Waals surface area (Å²) in [4.78, 5) is 0. The Morgan fingerprint density at radius 3 is 2.24 bits per heavy atom. The van der Waals surface area contributed by atoms with Crippen LogP contribution >= 0.6 is 0 Å². The van der Waals surface area contributed by atoms with Gasteiger partial charge in [0.2, 0.25) is 0 Å². The molecule has 0 spiro atoms. The number of para-hydroxylation sites is 1. The average molecular weight is 234 g/mol. The van der Waals surface area contributed by atoms with E-state index in [-0.39, 0.29) is 0 Å². The molecule has 0 aliphatic rings. The number of hydrogen-bond donors (Lipinski definition) is 1. The zero-order valence-corrected chi connectivity index (χ0v) is 11.3. The van der Waals surface area contributed by atoms with Gasteiger partial charge < -0.3 is 5.11 Å². The lowest BCUT2D eigenvalue weighted by Crippen LogP contribution is -2.00. The second kappa shape index (κ2) is 8.16. The SMILES string of the molecule is CCCCCC(CCCC)c1ccccc1O. The Hall–Kier alpha value is -0.980. The van der Waals surface area contributed by atoms with Gasteiger partial charge in [-0.25, -0.2) is 0 Å². The number of rotatable bonds is 8. The Bertz CT molecular complexity index is 306. The lowest BCUT2D eigenvalue weighted by atomic mass is 9.88. The highest BCUT2D eigenvalue weighted by Gasteiger charge is 2.13. The van der Waals surface area contributed by atoms with Gasteiger partial charge in [-0.05, 0) is 30.4 Å². The van der Waals surface area contributed by atoms with Crippen molar-refractivity contribution in [2.24, 2.45) is 0 Å². The first kappa shape index (κ1) is 14.1. The minimum absolute atomic E-state index is 0.477. The van der Waals surface area contributed by atoms with E-state index in [9.17, 15) is 5.11 Å². The molecule has 1 N–H and O–H groups in total. The molecule has 0 saturated heterocycles. The summed E-state index contributed by atoms with van der Waals surface area (Å²) in [5.41, 5.74) is 1.15. The van der Waals surface area contributed by atoms with Crippen molar-refractivity contribution < 1.29 is 5.11 Å². The number of unbranched alkanes of at least 4 members (excludes halogenated alkanes) is 3. The molecular weight excluding hydrogens is 208 g/mol. The summed E-state index contributed by atoms with van der Waals surface area (Å²) in [6, 6.07) is 7.84. The lowest BCUT2D eigenvalue weighted by molar-refractivity contribution is 0.444. The van der Waals surface area contributed by atoms with Crippen LogP contribution in [0.15, 0.2) is 24.3 Å². The van der Waals surface area contributed by atoms with Crippen LogP contribution in [-0.4, -0.2) is 5.11 Å². The average Bonchev–Trinajstić information content (AvgIpc) is 2.35. The largest absolute Gasteiger partial charge is 0.508 e. The third-order valence-corrected chi connectivity index (χ3v) is 3.44. The molecule has 1 unspecified atom stereocenters. The predicted octanol–water partition coefficient (Wildman–Crippen LogP) is 5.25. The quantitative estimate of drug-likeness (QED) is 0.609. The molecule has 0 aliphatic carbocycles. The third-order valence-electron chi connectivity index (χ3n) is 3.44. The van der Waals surface area contributed by atoms with Crippen LogP contribution in [0.4, 0.5) is 0 Å². The van der Waals surface area contributed by atoms with E-state index in [0.717, 1.165) is 5.56 Å². The summed E-state index contributed by atoms with van der Waals surface area (Å²) in [5, 5.41) is 9.94. The minimum Gasteiger partial charge on any atom is -0.508 e. The topological polar surface area (TPSA) is 20.2 Å². The van der Waals surface area contributed by atoms with Gasteiger partial charge >= 0.3 is 0 Å². The van der Waals surface area contributed by atoms with E-state index in [1.54, 1.807) is 0 Å². The van der Waals surface area contributed by atoms with Crippen molar-refractivity contribution in [1.29, 1.82) is 0 Å². The first-order valence-electron chi connectivity index (χ1n) is 7.07. The molecule has 0 aromatic heterocycles. The van der Waals surface area contributed by atoms with E-state index in [0.29, 0.717) is 11.7 Å². The van der Waals surface area contributed by atoms with Gasteiger partial charge in [-0.15, -0.1) is 0 Å². The fraction of sp³-hybridized carbons (Fsp3) is 0.625. The molecule has 1 nitrogen and oxygen atoms in total. The van der Waals surface area contributed by atoms with Gasteiger partial charge in [0.1, 0.15) is 5.75 Å². The van der Waals surface area contributed by atoms with E-state index < -0.39 is 0 Å². The molecule has 1 aromatic carbocycles. The number of hydrogen-bond acceptors (Lipinski definition) is 1. The van der Waals surface area contributed by atoms with Crippen LogP contribution in [0.1, 0.15) is 70.3 Å². The molecule has 1 aromatic rings. The van der Waals surface area contributed by atoms with E-state index in [1.165, 1.54) is 44.9 Å². The Morgan fingerprint density at radius 2 is 1.59 bits per heavy atom. The monoisotopic (exact) mass is 234 g/mol. The molecule has 1 heteroatoms. The normalized spacial score (nSPS) is 12.6. The van der Waals surface area contributed by atoms with Crippen LogP contribution in [0.2, 0.25) is 0 Å². The van der Waals surface area contributed by atoms with E-state index in [2.05, 4.69) is 19.9 Å². The summed E-state index contributed by atoms with van der Waals surface area (Å²) in [6.07, 6.45) is 8.75. The molecule has 17 heavy (non-hydrogen) atoms. The van der Waals surface area contributed by atoms with Crippen LogP contribution in [-0.2, 0) is 0 Å². The third kappa shape index (κ3) is 4.80. The highest BCUT2D eigenvalue weighted by Crippen LogP contribution is 2.33. The second-order valence-electron chi connectivity index (χ2n) is 4.89. The number of benzene rings is 1. The zero-order chi connectivity index (χ0) is 12.5. The van der Waals surface area contributed by atoms with Crippen molar-refractivity contribution in [1.82, 2.24) is 0 Å². The maximum absolute atomic E-state index is 9.94. The zero-order valence-electron chi connectivity index (χ0n) is 11.3. The van der Waals surface area contributed by atoms with Crippen LogP contribution in [0.5, 0.6) is 5.75 Å². The molecule has 1 atom stereocenters. The van der Waals surface area contributed by atoms with Gasteiger partial charge in [0.05, 0.1) is 0 Å². The summed E-state index contributed by atoms with van der Waals surface area (Å²) in [6.45, 7) is 4.47. The molecule has 0 heterocycles. The first-order chi connectivity index (χ1) is 8.29. The van der Waals surface area contributed by atoms with Crippen LogP contribution in [0, 0.1) is 0 Å². The van der Waals surface area contributed by atoms with Gasteiger partial charge in [0, 0.05) is 0 Å². The van der Waals surface area contributed by atoms with Crippen molar-refractivity contribution >= 4 is 0 Å². The smallest absolute Gasteiger partial charge is 0.119 e. The highest BCUT2D eigenvalue weighted by molar-refractivity contribution is 5.34. The molecule has 0 amide bonds. The molecule has 1 rings (SSSR count). The van der Waals surface area contributed by atoms with Gasteiger partial charge in [0.15, 0.2) is 0 Å². The van der Waals surface area contributed by atoms with Crippen molar-refractivity contribution in [3.05, 3.63) is 29.8 Å². The van der Waals surface area contributed by atoms with Crippen molar-refractivity contribution in [2.75, 3.05) is 0 Å². The van der Waals surface area contributed by atoms with Crippen molar-refractivity contribution in [2.45, 2.75) is 64.7 Å². The fourth-order valence-electron chi connectivity index (χ4n) is 2.38. The van der Waals surface area contributed by atoms with Gasteiger partial charge in [-0.2, -0.15) is 0 Å². The Labute approximate surface area is 106 Å². The maximum atomic E-state index is 9.94. The van der Waals surface area contributed by atoms with E-state index >= 15 is 0 Å². The second-order valence-corrected chi connectivity index (χ2v) is 4.89. The van der Waals surface area contributed by atoms with Crippen LogP contribution in [0.25, 0.3) is 0 Å². The fourth-order valence-corrected chi connectivity index (χ4v) is 2.38. The van der Waals surface area contributed by atoms with Crippen molar-refractivity contribution in [3.63, 3.8) is 0 Å². The molecule has 0 radical (unpaired) electrons. The van der Waals surface area contributed by atoms with Crippen molar-refractivity contribution in [3.8, 4) is 5.75 Å². The lowest BCUT2D eigenvalue weighted by Gasteiger charge is -2.18. The summed E-state index contributed by atoms with van der Waals surface area (Å²) in [7, 11) is 0. The van der Waals surface area contributed by atoms with Crippen LogP contribution in [0.3, 0.4) is 0 Å². The first-order valence-corrected chi connectivity index (χ1v) is 7.07. The molecule has 0 aliphatic heterocycles. The van der Waals surface area contributed by atoms with Crippen LogP contribution < -0.4 is 0 Å². The van der Waals surface area contributed by atoms with Gasteiger partial charge in [-0.3, -0.25) is 0 Å². The molecule has 0 bridgehead atoms. The summed E-state index contributed by atoms with van der Waals surface area (Å²) >= 11 is 0. The van der Waals surface area contributed by atoms with E-state index in [1.807, 2.05) is 18.2 Å². The highest BCUT2D eigenvalue weighted by atomic mass is 16.3.